The fraction of sp³-hybridized carbons (Fsp3) is 0.389. The van der Waals surface area contributed by atoms with Crippen LogP contribution in [0.15, 0.2) is 29.5 Å². The van der Waals surface area contributed by atoms with Crippen LogP contribution in [-0.2, 0) is 13.0 Å². The van der Waals surface area contributed by atoms with Crippen molar-refractivity contribution in [1.82, 2.24) is 20.6 Å². The van der Waals surface area contributed by atoms with Gasteiger partial charge in [-0.15, -0.1) is 24.0 Å². The molecular formula is C18H25ClIN5O. The third kappa shape index (κ3) is 6.28. The van der Waals surface area contributed by atoms with Crippen LogP contribution in [0.25, 0.3) is 0 Å². The minimum Gasteiger partial charge on any atom is -0.496 e. The van der Waals surface area contributed by atoms with E-state index in [9.17, 15) is 0 Å². The van der Waals surface area contributed by atoms with Crippen LogP contribution in [0.1, 0.15) is 22.4 Å². The Balaban J connectivity index is 0.00000338. The van der Waals surface area contributed by atoms with Crippen molar-refractivity contribution in [3.05, 3.63) is 52.1 Å². The van der Waals surface area contributed by atoms with Gasteiger partial charge in [-0.3, -0.25) is 9.98 Å². The minimum atomic E-state index is 0. The maximum Gasteiger partial charge on any atom is 0.191 e. The zero-order valence-corrected chi connectivity index (χ0v) is 18.6. The zero-order valence-electron chi connectivity index (χ0n) is 15.5. The van der Waals surface area contributed by atoms with Crippen molar-refractivity contribution in [2.45, 2.75) is 26.8 Å². The van der Waals surface area contributed by atoms with E-state index in [-0.39, 0.29) is 24.0 Å². The molecule has 0 unspecified atom stereocenters. The van der Waals surface area contributed by atoms with Gasteiger partial charge in [0.15, 0.2) is 5.96 Å². The van der Waals surface area contributed by atoms with Crippen LogP contribution in [0.4, 0.5) is 0 Å². The smallest absolute Gasteiger partial charge is 0.191 e. The number of aromatic nitrogens is 2. The predicted octanol–water partition coefficient (Wildman–Crippen LogP) is 3.28. The van der Waals surface area contributed by atoms with Gasteiger partial charge in [-0.1, -0.05) is 17.7 Å². The molecule has 0 atom stereocenters. The average molecular weight is 490 g/mol. The van der Waals surface area contributed by atoms with Gasteiger partial charge in [-0.25, -0.2) is 4.98 Å². The monoisotopic (exact) mass is 489 g/mol. The molecule has 2 aromatic rings. The molecule has 0 aliphatic rings. The predicted molar refractivity (Wildman–Crippen MR) is 117 cm³/mol. The van der Waals surface area contributed by atoms with Gasteiger partial charge in [-0.2, -0.15) is 0 Å². The van der Waals surface area contributed by atoms with Gasteiger partial charge in [0.05, 0.1) is 19.3 Å². The van der Waals surface area contributed by atoms with Crippen LogP contribution in [0.3, 0.4) is 0 Å². The van der Waals surface area contributed by atoms with Gasteiger partial charge >= 0.3 is 0 Å². The van der Waals surface area contributed by atoms with Gasteiger partial charge in [0.1, 0.15) is 10.9 Å². The molecule has 6 nitrogen and oxygen atoms in total. The molecule has 2 rings (SSSR count). The molecule has 0 bridgehead atoms. The summed E-state index contributed by atoms with van der Waals surface area (Å²) >= 11 is 5.79. The molecule has 2 heterocycles. The number of guanidine groups is 1. The lowest BCUT2D eigenvalue weighted by atomic mass is 10.1. The number of aryl methyl sites for hydroxylation is 1. The summed E-state index contributed by atoms with van der Waals surface area (Å²) in [5.41, 5.74) is 4.13. The third-order valence-electron chi connectivity index (χ3n) is 3.89. The molecule has 142 valence electrons. The van der Waals surface area contributed by atoms with Crippen LogP contribution in [0.5, 0.6) is 5.75 Å². The number of methoxy groups -OCH3 is 1. The largest absolute Gasteiger partial charge is 0.496 e. The van der Waals surface area contributed by atoms with Crippen LogP contribution in [0, 0.1) is 13.8 Å². The highest BCUT2D eigenvalue weighted by Crippen LogP contribution is 2.23. The summed E-state index contributed by atoms with van der Waals surface area (Å²) in [5, 5.41) is 7.06. The summed E-state index contributed by atoms with van der Waals surface area (Å²) in [6.07, 6.45) is 4.44. The maximum atomic E-state index is 5.79. The molecule has 0 aromatic carbocycles. The van der Waals surface area contributed by atoms with E-state index in [1.807, 2.05) is 26.1 Å². The summed E-state index contributed by atoms with van der Waals surface area (Å²) in [4.78, 5) is 12.8. The molecule has 0 fully saturated rings. The molecule has 2 N–H and O–H groups in total. The first-order valence-electron chi connectivity index (χ1n) is 8.09. The second-order valence-electron chi connectivity index (χ2n) is 5.64. The van der Waals surface area contributed by atoms with Crippen LogP contribution >= 0.6 is 35.6 Å². The van der Waals surface area contributed by atoms with Crippen LogP contribution in [0.2, 0.25) is 5.15 Å². The van der Waals surface area contributed by atoms with E-state index < -0.39 is 0 Å². The van der Waals surface area contributed by atoms with Crippen molar-refractivity contribution < 1.29 is 4.74 Å². The fourth-order valence-corrected chi connectivity index (χ4v) is 2.63. The number of hydrogen-bond acceptors (Lipinski definition) is 4. The molecule has 0 aliphatic carbocycles. The Bertz CT molecular complexity index is 737. The van der Waals surface area contributed by atoms with Gasteiger partial charge in [0.2, 0.25) is 0 Å². The number of nitrogens with zero attached hydrogens (tertiary/aromatic N) is 3. The van der Waals surface area contributed by atoms with E-state index in [4.69, 9.17) is 16.3 Å². The molecule has 0 spiro atoms. The Hall–Kier alpha value is -1.61. The standard InChI is InChI=1S/C18H24ClN5O.HI/c1-12-9-22-15(13(2)17(12)25-4)11-24-18(20-3)21-8-7-14-5-6-16(19)23-10-14;/h5-6,9-10H,7-8,11H2,1-4H3,(H2,20,21,24);1H. The topological polar surface area (TPSA) is 71.4 Å². The number of halogens is 2. The molecule has 0 radical (unpaired) electrons. The number of ether oxygens (including phenoxy) is 1. The summed E-state index contributed by atoms with van der Waals surface area (Å²) in [6.45, 7) is 5.32. The number of rotatable bonds is 6. The molecule has 2 aromatic heterocycles. The molecule has 0 amide bonds. The number of pyridine rings is 2. The Morgan fingerprint density at radius 1 is 1.19 bits per heavy atom. The van der Waals surface area contributed by atoms with Gasteiger partial charge < -0.3 is 15.4 Å². The average Bonchev–Trinajstić information content (AvgIpc) is 2.61. The second kappa shape index (κ2) is 11.2. The molecule has 8 heteroatoms. The van der Waals surface area contributed by atoms with Crippen molar-refractivity contribution in [2.24, 2.45) is 4.99 Å². The number of aliphatic imine (C=N–C) groups is 1. The van der Waals surface area contributed by atoms with Crippen molar-refractivity contribution in [3.63, 3.8) is 0 Å². The second-order valence-corrected chi connectivity index (χ2v) is 6.03. The van der Waals surface area contributed by atoms with E-state index in [0.29, 0.717) is 11.7 Å². The van der Waals surface area contributed by atoms with E-state index in [1.54, 1.807) is 26.4 Å². The van der Waals surface area contributed by atoms with Crippen molar-refractivity contribution in [1.29, 1.82) is 0 Å². The normalized spacial score (nSPS) is 10.9. The van der Waals surface area contributed by atoms with Gasteiger partial charge in [-0.05, 0) is 31.9 Å². The van der Waals surface area contributed by atoms with Gasteiger partial charge in [0.25, 0.3) is 0 Å². The SMILES string of the molecule is CN=C(NCCc1ccc(Cl)nc1)NCc1ncc(C)c(OC)c1C.I. The zero-order chi connectivity index (χ0) is 18.2. The summed E-state index contributed by atoms with van der Waals surface area (Å²) < 4.78 is 5.44. The number of nitrogens with one attached hydrogen (secondary N) is 2. The van der Waals surface area contributed by atoms with E-state index >= 15 is 0 Å². The first kappa shape index (κ1) is 22.4. The van der Waals surface area contributed by atoms with E-state index in [2.05, 4.69) is 25.6 Å². The highest BCUT2D eigenvalue weighted by Gasteiger charge is 2.09. The van der Waals surface area contributed by atoms with Crippen molar-refractivity contribution in [3.8, 4) is 5.75 Å². The highest BCUT2D eigenvalue weighted by atomic mass is 127. The molecule has 0 saturated carbocycles. The maximum absolute atomic E-state index is 5.79. The van der Waals surface area contributed by atoms with Crippen molar-refractivity contribution >= 4 is 41.5 Å². The minimum absolute atomic E-state index is 0. The first-order chi connectivity index (χ1) is 12.0. The Morgan fingerprint density at radius 3 is 2.58 bits per heavy atom. The summed E-state index contributed by atoms with van der Waals surface area (Å²) in [7, 11) is 3.42. The lowest BCUT2D eigenvalue weighted by Gasteiger charge is -2.15. The highest BCUT2D eigenvalue weighted by molar-refractivity contribution is 14.0. The van der Waals surface area contributed by atoms with Crippen molar-refractivity contribution in [2.75, 3.05) is 20.7 Å². The lowest BCUT2D eigenvalue weighted by Crippen LogP contribution is -2.38. The quantitative estimate of drug-likeness (QED) is 0.282. The van der Waals surface area contributed by atoms with E-state index in [1.165, 1.54) is 0 Å². The van der Waals surface area contributed by atoms with Gasteiger partial charge in [0, 0.05) is 37.1 Å². The lowest BCUT2D eigenvalue weighted by molar-refractivity contribution is 0.406. The third-order valence-corrected chi connectivity index (χ3v) is 4.12. The summed E-state index contributed by atoms with van der Waals surface area (Å²) in [5.74, 6) is 1.60. The fourth-order valence-electron chi connectivity index (χ4n) is 2.52. The molecule has 26 heavy (non-hydrogen) atoms. The molecule has 0 saturated heterocycles. The first-order valence-corrected chi connectivity index (χ1v) is 8.47. The van der Waals surface area contributed by atoms with E-state index in [0.717, 1.165) is 47.1 Å². The molecule has 0 aliphatic heterocycles. The Morgan fingerprint density at radius 2 is 1.96 bits per heavy atom. The van der Waals surface area contributed by atoms with Crippen LogP contribution in [-0.4, -0.2) is 36.6 Å². The summed E-state index contributed by atoms with van der Waals surface area (Å²) in [6, 6.07) is 3.77. The Labute approximate surface area is 176 Å². The molecular weight excluding hydrogens is 465 g/mol. The number of hydrogen-bond donors (Lipinski definition) is 2. The van der Waals surface area contributed by atoms with Crippen LogP contribution < -0.4 is 15.4 Å². The Kier molecular flexibility index (Phi) is 9.64.